The molecule has 0 fully saturated rings. The Morgan fingerprint density at radius 1 is 1.21 bits per heavy atom. The van der Waals surface area contributed by atoms with Crippen LogP contribution in [0.2, 0.25) is 4.73 Å². The van der Waals surface area contributed by atoms with E-state index in [1.165, 1.54) is 24.0 Å². The molecule has 0 amide bonds. The first-order chi connectivity index (χ1) is 8.22. The van der Waals surface area contributed by atoms with E-state index in [4.69, 9.17) is 0 Å². The summed E-state index contributed by atoms with van der Waals surface area (Å²) in [5.41, 5.74) is 4.86. The molecule has 0 aliphatic heterocycles. The topological polar surface area (TPSA) is 0 Å². The number of rotatable bonds is 4. The smallest absolute Gasteiger partial charge is 1.00 e. The van der Waals surface area contributed by atoms with Crippen molar-refractivity contribution in [3.05, 3.63) is 44.9 Å². The summed E-state index contributed by atoms with van der Waals surface area (Å²) in [6.45, 7) is 6.91. The Bertz CT molecular complexity index is 465. The minimum absolute atomic E-state index is 0. The molecule has 0 saturated heterocycles. The van der Waals surface area contributed by atoms with Crippen molar-refractivity contribution in [3.63, 3.8) is 0 Å². The third kappa shape index (κ3) is 4.86. The van der Waals surface area contributed by atoms with E-state index in [1.54, 1.807) is 20.6 Å². The van der Waals surface area contributed by atoms with Crippen molar-refractivity contribution >= 4 is 4.31 Å². The normalized spacial score (nSPS) is 17.0. The van der Waals surface area contributed by atoms with Crippen molar-refractivity contribution in [2.75, 3.05) is 0 Å². The van der Waals surface area contributed by atoms with Crippen LogP contribution in [-0.4, -0.2) is 4.31 Å². The van der Waals surface area contributed by atoms with Gasteiger partial charge in [0.25, 0.3) is 0 Å². The third-order valence-electron chi connectivity index (χ3n) is 3.77. The molecule has 0 unspecified atom stereocenters. The zero-order valence-electron chi connectivity index (χ0n) is 12.0. The molecule has 0 aromatic carbocycles. The predicted molar refractivity (Wildman–Crippen MR) is 74.1 cm³/mol. The van der Waals surface area contributed by atoms with Crippen LogP contribution in [-0.2, 0) is 17.4 Å². The quantitative estimate of drug-likeness (QED) is 0.565. The van der Waals surface area contributed by atoms with Crippen LogP contribution in [0.4, 0.5) is 0 Å². The summed E-state index contributed by atoms with van der Waals surface area (Å²) in [4.78, 5) is 0. The Balaban J connectivity index is 0.00000162. The Morgan fingerprint density at radius 3 is 2.42 bits per heavy atom. The molecule has 0 aromatic heterocycles. The van der Waals surface area contributed by atoms with Crippen LogP contribution in [0, 0.1) is 0 Å². The minimum Gasteiger partial charge on any atom is -1.00 e. The molecule has 0 bridgehead atoms. The van der Waals surface area contributed by atoms with Gasteiger partial charge in [0.1, 0.15) is 0 Å². The monoisotopic (exact) mass is 332 g/mol. The van der Waals surface area contributed by atoms with E-state index in [1.807, 2.05) is 0 Å². The summed E-state index contributed by atoms with van der Waals surface area (Å²) in [6, 6.07) is 0. The third-order valence-corrected chi connectivity index (χ3v) is 8.37. The van der Waals surface area contributed by atoms with Gasteiger partial charge in [0.2, 0.25) is 0 Å². The fraction of sp³-hybridized carbons (Fsp3) is 0.438. The van der Waals surface area contributed by atoms with Crippen molar-refractivity contribution in [2.45, 2.75) is 44.8 Å². The molecule has 2 aliphatic carbocycles. The maximum atomic E-state index is 2.55. The van der Waals surface area contributed by atoms with Crippen LogP contribution in [0.25, 0.3) is 0 Å². The summed E-state index contributed by atoms with van der Waals surface area (Å²) < 4.78 is 5.76. The van der Waals surface area contributed by atoms with Gasteiger partial charge in [-0.05, 0) is 0 Å². The average molecular weight is 333 g/mol. The van der Waals surface area contributed by atoms with Crippen molar-refractivity contribution in [1.29, 1.82) is 0 Å². The summed E-state index contributed by atoms with van der Waals surface area (Å²) >= 11 is -1.11. The zero-order chi connectivity index (χ0) is 12.3. The number of halogens is 2. The van der Waals surface area contributed by atoms with Gasteiger partial charge >= 0.3 is 111 Å². The SMILES string of the molecule is C[CH]=[Ti+2]([CH2]CC1=CC=CC1)[C]1=C(C)CC=C1C.[Cl-].[Cl-]. The van der Waals surface area contributed by atoms with E-state index in [2.05, 4.69) is 49.4 Å². The van der Waals surface area contributed by atoms with Crippen LogP contribution in [0.5, 0.6) is 0 Å². The Labute approximate surface area is 135 Å². The van der Waals surface area contributed by atoms with E-state index < -0.39 is 17.4 Å². The second kappa shape index (κ2) is 9.13. The van der Waals surface area contributed by atoms with Gasteiger partial charge in [0.05, 0.1) is 0 Å². The van der Waals surface area contributed by atoms with E-state index in [0.29, 0.717) is 0 Å². The van der Waals surface area contributed by atoms with E-state index in [-0.39, 0.29) is 24.8 Å². The largest absolute Gasteiger partial charge is 1.00 e. The predicted octanol–water partition coefficient (Wildman–Crippen LogP) is -1.25. The molecule has 0 spiro atoms. The second-order valence-corrected chi connectivity index (χ2v) is 9.12. The number of allylic oxidation sites excluding steroid dienone is 8. The fourth-order valence-electron chi connectivity index (χ4n) is 2.76. The molecule has 0 N–H and O–H groups in total. The summed E-state index contributed by atoms with van der Waals surface area (Å²) in [7, 11) is 0. The molecular formula is C16H22Cl2Ti. The zero-order valence-corrected chi connectivity index (χ0v) is 15.0. The van der Waals surface area contributed by atoms with Crippen molar-refractivity contribution in [2.24, 2.45) is 0 Å². The Kier molecular flexibility index (Phi) is 9.19. The van der Waals surface area contributed by atoms with Crippen LogP contribution in [0.15, 0.2) is 44.9 Å². The maximum absolute atomic E-state index is 2.55. The summed E-state index contributed by atoms with van der Waals surface area (Å²) in [5.74, 6) is 0. The molecule has 0 nitrogen and oxygen atoms in total. The van der Waals surface area contributed by atoms with Crippen LogP contribution < -0.4 is 24.8 Å². The first-order valence-electron chi connectivity index (χ1n) is 6.59. The molecule has 0 saturated carbocycles. The first kappa shape index (κ1) is 19.1. The van der Waals surface area contributed by atoms with Crippen molar-refractivity contribution in [1.82, 2.24) is 0 Å². The molecule has 0 radical (unpaired) electrons. The van der Waals surface area contributed by atoms with Gasteiger partial charge in [-0.2, -0.15) is 0 Å². The fourth-order valence-corrected chi connectivity index (χ4v) is 6.94. The van der Waals surface area contributed by atoms with Crippen LogP contribution in [0.3, 0.4) is 0 Å². The standard InChI is InChI=1S/2C7H9.C2H4.2ClH.Ti/c1-6-3-4-7(2)5-6;1-2-7-5-3-4-6-7;1-2;;;/h3H,4H2,1-2H3;3-5H,1-2,6H2;1H,2H3;2*1H;/q;;;;;+2/p-2. The van der Waals surface area contributed by atoms with Crippen molar-refractivity contribution < 1.29 is 42.2 Å². The minimum atomic E-state index is -1.11. The maximum Gasteiger partial charge on any atom is -1.00 e. The van der Waals surface area contributed by atoms with Gasteiger partial charge in [-0.15, -0.1) is 0 Å². The van der Waals surface area contributed by atoms with Gasteiger partial charge < -0.3 is 24.8 Å². The molecule has 2 aliphatic rings. The molecule has 2 rings (SSSR count). The number of hydrogen-bond donors (Lipinski definition) is 0. The summed E-state index contributed by atoms with van der Waals surface area (Å²) in [6.07, 6.45) is 12.9. The number of hydrogen-bond acceptors (Lipinski definition) is 0. The van der Waals surface area contributed by atoms with E-state index in [9.17, 15) is 0 Å². The molecule has 0 aromatic rings. The van der Waals surface area contributed by atoms with Crippen LogP contribution >= 0.6 is 0 Å². The van der Waals surface area contributed by atoms with Crippen molar-refractivity contribution in [3.8, 4) is 0 Å². The van der Waals surface area contributed by atoms with Gasteiger partial charge in [0.15, 0.2) is 0 Å². The van der Waals surface area contributed by atoms with E-state index >= 15 is 0 Å². The first-order valence-corrected chi connectivity index (χ1v) is 9.38. The van der Waals surface area contributed by atoms with Gasteiger partial charge in [0, 0.05) is 0 Å². The molecular weight excluding hydrogens is 311 g/mol. The van der Waals surface area contributed by atoms with Gasteiger partial charge in [-0.25, -0.2) is 0 Å². The molecule has 19 heavy (non-hydrogen) atoms. The van der Waals surface area contributed by atoms with Gasteiger partial charge in [-0.1, -0.05) is 0 Å². The summed E-state index contributed by atoms with van der Waals surface area (Å²) in [5, 5.41) is 0. The average Bonchev–Trinajstić information content (AvgIpc) is 2.93. The molecule has 104 valence electrons. The Morgan fingerprint density at radius 2 is 1.95 bits per heavy atom. The second-order valence-electron chi connectivity index (χ2n) is 5.02. The molecule has 0 heterocycles. The van der Waals surface area contributed by atoms with Crippen LogP contribution in [0.1, 0.15) is 40.0 Å². The Hall–Kier alpha value is 0.124. The molecule has 3 heteroatoms. The van der Waals surface area contributed by atoms with E-state index in [0.717, 1.165) is 0 Å². The molecule has 0 atom stereocenters. The van der Waals surface area contributed by atoms with Gasteiger partial charge in [-0.3, -0.25) is 0 Å².